The normalized spacial score (nSPS) is 36.7. The highest BCUT2D eigenvalue weighted by molar-refractivity contribution is 4.55. The van der Waals surface area contributed by atoms with E-state index in [0.29, 0.717) is 13.2 Å². The van der Waals surface area contributed by atoms with E-state index in [-0.39, 0.29) is 12.4 Å². The highest BCUT2D eigenvalue weighted by atomic mass is 16.7. The van der Waals surface area contributed by atoms with Crippen molar-refractivity contribution < 1.29 is 14.2 Å². The lowest BCUT2D eigenvalue weighted by Crippen LogP contribution is -2.34. The van der Waals surface area contributed by atoms with Gasteiger partial charge in [-0.2, -0.15) is 0 Å². The zero-order valence-electron chi connectivity index (χ0n) is 5.79. The van der Waals surface area contributed by atoms with Crippen LogP contribution in [0.2, 0.25) is 0 Å². The molecule has 0 bridgehead atoms. The molecule has 0 aromatic heterocycles. The van der Waals surface area contributed by atoms with Crippen molar-refractivity contribution in [1.82, 2.24) is 0 Å². The third-order valence-corrected chi connectivity index (χ3v) is 1.30. The lowest BCUT2D eigenvalue weighted by atomic mass is 10.4. The van der Waals surface area contributed by atoms with Gasteiger partial charge in [-0.3, -0.25) is 0 Å². The summed E-state index contributed by atoms with van der Waals surface area (Å²) < 4.78 is 15.3. The van der Waals surface area contributed by atoms with Crippen molar-refractivity contribution in [3.63, 3.8) is 0 Å². The summed E-state index contributed by atoms with van der Waals surface area (Å²) in [5, 5.41) is 0. The Morgan fingerprint density at radius 3 is 2.56 bits per heavy atom. The first-order valence-corrected chi connectivity index (χ1v) is 3.09. The Hall–Kier alpha value is -0.120. The fourth-order valence-corrected chi connectivity index (χ4v) is 0.718. The summed E-state index contributed by atoms with van der Waals surface area (Å²) in [5.74, 6) is 0. The summed E-state index contributed by atoms with van der Waals surface area (Å²) >= 11 is 0. The highest BCUT2D eigenvalue weighted by Crippen LogP contribution is 2.05. The fraction of sp³-hybridized carbons (Fsp3) is 1.00. The van der Waals surface area contributed by atoms with Gasteiger partial charge in [0, 0.05) is 7.11 Å². The van der Waals surface area contributed by atoms with Crippen LogP contribution in [-0.4, -0.2) is 32.7 Å². The molecule has 9 heavy (non-hydrogen) atoms. The molecule has 3 heteroatoms. The fourth-order valence-electron chi connectivity index (χ4n) is 0.718. The van der Waals surface area contributed by atoms with Gasteiger partial charge in [0.25, 0.3) is 0 Å². The molecule has 0 saturated carbocycles. The second-order valence-electron chi connectivity index (χ2n) is 2.14. The lowest BCUT2D eigenvalue weighted by molar-refractivity contribution is -0.220. The standard InChI is InChI=1S/C6H12O3/c1-5-3-9-6(7-2)4-8-5/h5-6H,3-4H2,1-2H3. The zero-order valence-corrected chi connectivity index (χ0v) is 5.79. The molecule has 0 spiro atoms. The summed E-state index contributed by atoms with van der Waals surface area (Å²) in [7, 11) is 1.62. The van der Waals surface area contributed by atoms with Gasteiger partial charge < -0.3 is 14.2 Å². The maximum Gasteiger partial charge on any atom is 0.180 e. The van der Waals surface area contributed by atoms with E-state index < -0.39 is 0 Å². The molecule has 0 amide bonds. The second kappa shape index (κ2) is 3.15. The topological polar surface area (TPSA) is 27.7 Å². The minimum absolute atomic E-state index is 0.152. The van der Waals surface area contributed by atoms with Gasteiger partial charge in [0.2, 0.25) is 0 Å². The maximum absolute atomic E-state index is 5.23. The first kappa shape index (κ1) is 6.99. The molecule has 1 aliphatic rings. The van der Waals surface area contributed by atoms with E-state index >= 15 is 0 Å². The Labute approximate surface area is 54.9 Å². The van der Waals surface area contributed by atoms with Gasteiger partial charge in [-0.25, -0.2) is 0 Å². The van der Waals surface area contributed by atoms with Gasteiger partial charge in [-0.1, -0.05) is 0 Å². The minimum Gasteiger partial charge on any atom is -0.371 e. The number of rotatable bonds is 1. The van der Waals surface area contributed by atoms with Gasteiger partial charge in [0.15, 0.2) is 6.29 Å². The predicted molar refractivity (Wildman–Crippen MR) is 32.2 cm³/mol. The van der Waals surface area contributed by atoms with Crippen LogP contribution in [0.3, 0.4) is 0 Å². The molecule has 0 N–H and O–H groups in total. The summed E-state index contributed by atoms with van der Waals surface area (Å²) in [6.45, 7) is 3.17. The Morgan fingerprint density at radius 2 is 2.11 bits per heavy atom. The number of ether oxygens (including phenoxy) is 3. The van der Waals surface area contributed by atoms with E-state index in [2.05, 4.69) is 0 Å². The molecule has 1 aliphatic heterocycles. The van der Waals surface area contributed by atoms with Gasteiger partial charge in [-0.05, 0) is 6.92 Å². The molecule has 1 fully saturated rings. The van der Waals surface area contributed by atoms with Gasteiger partial charge in [-0.15, -0.1) is 0 Å². The molecule has 2 atom stereocenters. The highest BCUT2D eigenvalue weighted by Gasteiger charge is 2.17. The largest absolute Gasteiger partial charge is 0.371 e. The Bertz CT molecular complexity index is 76.4. The second-order valence-corrected chi connectivity index (χ2v) is 2.14. The molecule has 0 aliphatic carbocycles. The molecule has 1 heterocycles. The monoisotopic (exact) mass is 132 g/mol. The van der Waals surface area contributed by atoms with Crippen LogP contribution in [0.5, 0.6) is 0 Å². The van der Waals surface area contributed by atoms with Crippen LogP contribution in [0.25, 0.3) is 0 Å². The van der Waals surface area contributed by atoms with E-state index in [9.17, 15) is 0 Å². The third-order valence-electron chi connectivity index (χ3n) is 1.30. The Kier molecular flexibility index (Phi) is 2.45. The molecule has 0 aromatic rings. The maximum atomic E-state index is 5.23. The Morgan fingerprint density at radius 1 is 1.33 bits per heavy atom. The van der Waals surface area contributed by atoms with Gasteiger partial charge in [0.05, 0.1) is 19.3 Å². The molecule has 1 rings (SSSR count). The van der Waals surface area contributed by atoms with E-state index in [1.165, 1.54) is 0 Å². The van der Waals surface area contributed by atoms with Crippen LogP contribution in [0.4, 0.5) is 0 Å². The van der Waals surface area contributed by atoms with Crippen molar-refractivity contribution in [2.75, 3.05) is 20.3 Å². The molecule has 54 valence electrons. The third kappa shape index (κ3) is 1.93. The van der Waals surface area contributed by atoms with Crippen LogP contribution in [-0.2, 0) is 14.2 Å². The van der Waals surface area contributed by atoms with Crippen LogP contribution in [0.15, 0.2) is 0 Å². The molecular formula is C6H12O3. The van der Waals surface area contributed by atoms with Crippen molar-refractivity contribution >= 4 is 0 Å². The average Bonchev–Trinajstić information content (AvgIpc) is 1.90. The SMILES string of the molecule is COC1COC(C)CO1. The number of hydrogen-bond acceptors (Lipinski definition) is 3. The van der Waals surface area contributed by atoms with Crippen molar-refractivity contribution in [3.05, 3.63) is 0 Å². The Balaban J connectivity index is 2.18. The minimum atomic E-state index is -0.152. The molecule has 3 nitrogen and oxygen atoms in total. The predicted octanol–water partition coefficient (Wildman–Crippen LogP) is 0.394. The molecule has 2 unspecified atom stereocenters. The molecule has 1 saturated heterocycles. The summed E-state index contributed by atoms with van der Waals surface area (Å²) in [6.07, 6.45) is 0.0672. The van der Waals surface area contributed by atoms with Crippen molar-refractivity contribution in [2.24, 2.45) is 0 Å². The van der Waals surface area contributed by atoms with Gasteiger partial charge >= 0.3 is 0 Å². The number of hydrogen-bond donors (Lipinski definition) is 0. The first-order chi connectivity index (χ1) is 4.33. The molecule has 0 aromatic carbocycles. The van der Waals surface area contributed by atoms with Gasteiger partial charge in [0.1, 0.15) is 0 Å². The van der Waals surface area contributed by atoms with Crippen molar-refractivity contribution in [1.29, 1.82) is 0 Å². The van der Waals surface area contributed by atoms with Crippen molar-refractivity contribution in [3.8, 4) is 0 Å². The van der Waals surface area contributed by atoms with E-state index in [1.54, 1.807) is 7.11 Å². The van der Waals surface area contributed by atoms with E-state index in [1.807, 2.05) is 6.92 Å². The van der Waals surface area contributed by atoms with E-state index in [0.717, 1.165) is 0 Å². The van der Waals surface area contributed by atoms with E-state index in [4.69, 9.17) is 14.2 Å². The van der Waals surface area contributed by atoms with Crippen molar-refractivity contribution in [2.45, 2.75) is 19.3 Å². The molecular weight excluding hydrogens is 120 g/mol. The van der Waals surface area contributed by atoms with Crippen LogP contribution >= 0.6 is 0 Å². The smallest absolute Gasteiger partial charge is 0.180 e. The number of methoxy groups -OCH3 is 1. The quantitative estimate of drug-likeness (QED) is 0.516. The van der Waals surface area contributed by atoms with Crippen LogP contribution < -0.4 is 0 Å². The summed E-state index contributed by atoms with van der Waals surface area (Å²) in [6, 6.07) is 0. The average molecular weight is 132 g/mol. The summed E-state index contributed by atoms with van der Waals surface area (Å²) in [4.78, 5) is 0. The first-order valence-electron chi connectivity index (χ1n) is 3.09. The zero-order chi connectivity index (χ0) is 6.69. The molecule has 0 radical (unpaired) electrons. The van der Waals surface area contributed by atoms with Crippen LogP contribution in [0.1, 0.15) is 6.92 Å². The summed E-state index contributed by atoms with van der Waals surface area (Å²) in [5.41, 5.74) is 0. The van der Waals surface area contributed by atoms with Crippen LogP contribution in [0, 0.1) is 0 Å². The lowest BCUT2D eigenvalue weighted by Gasteiger charge is -2.25.